The van der Waals surface area contributed by atoms with Gasteiger partial charge in [0.15, 0.2) is 11.0 Å². The second-order valence-electron chi connectivity index (χ2n) is 2.77. The molecule has 0 aliphatic rings. The monoisotopic (exact) mass is 186 g/mol. The van der Waals surface area contributed by atoms with Gasteiger partial charge in [-0.15, -0.1) is 10.2 Å². The molecular weight excluding hydrogens is 176 g/mol. The van der Waals surface area contributed by atoms with Gasteiger partial charge in [-0.3, -0.25) is 0 Å². The summed E-state index contributed by atoms with van der Waals surface area (Å²) in [7, 11) is 0. The molecule has 12 heavy (non-hydrogen) atoms. The van der Waals surface area contributed by atoms with Crippen LogP contribution in [0.2, 0.25) is 5.15 Å². The Morgan fingerprint density at radius 3 is 2.67 bits per heavy atom. The van der Waals surface area contributed by atoms with Crippen LogP contribution in [0.15, 0.2) is 6.07 Å². The normalized spacial score (nSPS) is 10.4. The van der Waals surface area contributed by atoms with E-state index < -0.39 is 0 Å². The van der Waals surface area contributed by atoms with E-state index in [1.807, 2.05) is 13.8 Å². The molecule has 0 amide bonds. The van der Waals surface area contributed by atoms with Crippen LogP contribution in [-0.2, 0) is 0 Å². The zero-order chi connectivity index (χ0) is 9.14. The number of nitrogen functional groups attached to an aromatic ring is 1. The van der Waals surface area contributed by atoms with Gasteiger partial charge in [-0.1, -0.05) is 25.4 Å². The Morgan fingerprint density at radius 2 is 2.17 bits per heavy atom. The fourth-order valence-electron chi connectivity index (χ4n) is 0.867. The van der Waals surface area contributed by atoms with Gasteiger partial charge in [-0.2, -0.15) is 0 Å². The Balaban J connectivity index is 3.08. The van der Waals surface area contributed by atoms with Crippen LogP contribution in [0.3, 0.4) is 0 Å². The summed E-state index contributed by atoms with van der Waals surface area (Å²) >= 11 is 5.81. The minimum Gasteiger partial charge on any atom is -0.307 e. The zero-order valence-electron chi connectivity index (χ0n) is 7.00. The van der Waals surface area contributed by atoms with Crippen molar-refractivity contribution < 1.29 is 0 Å². The van der Waals surface area contributed by atoms with Crippen LogP contribution in [-0.4, -0.2) is 10.2 Å². The lowest BCUT2D eigenvalue weighted by Gasteiger charge is -2.07. The van der Waals surface area contributed by atoms with Crippen LogP contribution >= 0.6 is 11.6 Å². The standard InChI is InChI=1S/C7H11ClN4/c1-4(2)5-3-6(10-9)11-12-7(5)8/h3-4H,9H2,1-2H3,(H,10,11). The molecule has 0 radical (unpaired) electrons. The number of hydrazine groups is 1. The van der Waals surface area contributed by atoms with Gasteiger partial charge in [-0.05, 0) is 17.5 Å². The predicted octanol–water partition coefficient (Wildman–Crippen LogP) is 1.54. The Kier molecular flexibility index (Phi) is 2.83. The average molecular weight is 187 g/mol. The van der Waals surface area contributed by atoms with E-state index >= 15 is 0 Å². The van der Waals surface area contributed by atoms with Gasteiger partial charge in [0.25, 0.3) is 0 Å². The first-order chi connectivity index (χ1) is 5.65. The van der Waals surface area contributed by atoms with Crippen molar-refractivity contribution in [3.8, 4) is 0 Å². The summed E-state index contributed by atoms with van der Waals surface area (Å²) in [6.07, 6.45) is 0. The summed E-state index contributed by atoms with van der Waals surface area (Å²) in [6, 6.07) is 1.79. The van der Waals surface area contributed by atoms with Crippen molar-refractivity contribution in [3.63, 3.8) is 0 Å². The van der Waals surface area contributed by atoms with Gasteiger partial charge in [0.1, 0.15) is 0 Å². The second kappa shape index (κ2) is 3.69. The molecule has 1 heterocycles. The summed E-state index contributed by atoms with van der Waals surface area (Å²) in [6.45, 7) is 4.06. The molecule has 0 aromatic carbocycles. The van der Waals surface area contributed by atoms with E-state index in [2.05, 4.69) is 15.6 Å². The highest BCUT2D eigenvalue weighted by Gasteiger charge is 2.07. The molecule has 66 valence electrons. The first-order valence-corrected chi connectivity index (χ1v) is 4.02. The third-order valence-electron chi connectivity index (χ3n) is 1.55. The first-order valence-electron chi connectivity index (χ1n) is 3.65. The number of rotatable bonds is 2. The number of nitrogens with zero attached hydrogens (tertiary/aromatic N) is 2. The van der Waals surface area contributed by atoms with Crippen molar-refractivity contribution in [2.75, 3.05) is 5.43 Å². The Morgan fingerprint density at radius 1 is 1.50 bits per heavy atom. The van der Waals surface area contributed by atoms with E-state index in [0.29, 0.717) is 16.9 Å². The summed E-state index contributed by atoms with van der Waals surface area (Å²) in [4.78, 5) is 0. The lowest BCUT2D eigenvalue weighted by atomic mass is 10.1. The van der Waals surface area contributed by atoms with E-state index in [1.54, 1.807) is 6.07 Å². The highest BCUT2D eigenvalue weighted by atomic mass is 35.5. The number of nitrogens with two attached hydrogens (primary N) is 1. The summed E-state index contributed by atoms with van der Waals surface area (Å²) in [5.74, 6) is 6.02. The van der Waals surface area contributed by atoms with Gasteiger partial charge in [0.05, 0.1) is 0 Å². The molecule has 0 bridgehead atoms. The summed E-state index contributed by atoms with van der Waals surface area (Å²) in [5.41, 5.74) is 3.36. The molecule has 1 aromatic heterocycles. The number of hydrogen-bond donors (Lipinski definition) is 2. The number of aromatic nitrogens is 2. The Labute approximate surface area is 76.1 Å². The topological polar surface area (TPSA) is 63.8 Å². The van der Waals surface area contributed by atoms with Crippen LogP contribution in [0.4, 0.5) is 5.82 Å². The molecule has 0 atom stereocenters. The number of halogens is 1. The molecular formula is C7H11ClN4. The molecule has 4 nitrogen and oxygen atoms in total. The Hall–Kier alpha value is -0.870. The minimum atomic E-state index is 0.320. The maximum absolute atomic E-state index is 5.81. The number of nitrogens with one attached hydrogen (secondary N) is 1. The molecule has 3 N–H and O–H groups in total. The molecule has 5 heteroatoms. The highest BCUT2D eigenvalue weighted by Crippen LogP contribution is 2.22. The third kappa shape index (κ3) is 1.84. The molecule has 0 saturated carbocycles. The van der Waals surface area contributed by atoms with Crippen LogP contribution in [0.25, 0.3) is 0 Å². The van der Waals surface area contributed by atoms with Crippen molar-refractivity contribution in [3.05, 3.63) is 16.8 Å². The zero-order valence-corrected chi connectivity index (χ0v) is 7.76. The fourth-order valence-corrected chi connectivity index (χ4v) is 1.18. The van der Waals surface area contributed by atoms with Crippen molar-refractivity contribution in [1.82, 2.24) is 10.2 Å². The van der Waals surface area contributed by atoms with Crippen molar-refractivity contribution in [2.45, 2.75) is 19.8 Å². The Bertz CT molecular complexity index is 274. The van der Waals surface area contributed by atoms with Crippen molar-refractivity contribution in [1.29, 1.82) is 0 Å². The predicted molar refractivity (Wildman–Crippen MR) is 48.9 cm³/mol. The minimum absolute atomic E-state index is 0.320. The molecule has 0 aliphatic heterocycles. The summed E-state index contributed by atoms with van der Waals surface area (Å²) in [5, 5.41) is 7.90. The number of hydrogen-bond acceptors (Lipinski definition) is 4. The number of anilines is 1. The second-order valence-corrected chi connectivity index (χ2v) is 3.13. The van der Waals surface area contributed by atoms with Crippen LogP contribution in [0.5, 0.6) is 0 Å². The van der Waals surface area contributed by atoms with E-state index in [9.17, 15) is 0 Å². The van der Waals surface area contributed by atoms with Gasteiger partial charge in [-0.25, -0.2) is 5.84 Å². The molecule has 0 spiro atoms. The molecule has 0 unspecified atom stereocenters. The maximum Gasteiger partial charge on any atom is 0.163 e. The van der Waals surface area contributed by atoms with Gasteiger partial charge in [0, 0.05) is 0 Å². The largest absolute Gasteiger partial charge is 0.307 e. The van der Waals surface area contributed by atoms with E-state index in [1.165, 1.54) is 0 Å². The molecule has 0 fully saturated rings. The average Bonchev–Trinajstić information content (AvgIpc) is 2.05. The lowest BCUT2D eigenvalue weighted by molar-refractivity contribution is 0.842. The van der Waals surface area contributed by atoms with Gasteiger partial charge >= 0.3 is 0 Å². The van der Waals surface area contributed by atoms with E-state index in [0.717, 1.165) is 5.56 Å². The van der Waals surface area contributed by atoms with Crippen LogP contribution < -0.4 is 11.3 Å². The molecule has 0 aliphatic carbocycles. The summed E-state index contributed by atoms with van der Waals surface area (Å²) < 4.78 is 0. The first kappa shape index (κ1) is 9.22. The van der Waals surface area contributed by atoms with Crippen molar-refractivity contribution >= 4 is 17.4 Å². The maximum atomic E-state index is 5.81. The quantitative estimate of drug-likeness (QED) is 0.543. The van der Waals surface area contributed by atoms with Gasteiger partial charge < -0.3 is 5.43 Å². The van der Waals surface area contributed by atoms with Gasteiger partial charge in [0.2, 0.25) is 0 Å². The van der Waals surface area contributed by atoms with E-state index in [4.69, 9.17) is 17.4 Å². The smallest absolute Gasteiger partial charge is 0.163 e. The highest BCUT2D eigenvalue weighted by molar-refractivity contribution is 6.30. The molecule has 1 rings (SSSR count). The SMILES string of the molecule is CC(C)c1cc(NN)nnc1Cl. The molecule has 1 aromatic rings. The molecule has 0 saturated heterocycles. The fraction of sp³-hybridized carbons (Fsp3) is 0.429. The lowest BCUT2D eigenvalue weighted by Crippen LogP contribution is -2.10. The van der Waals surface area contributed by atoms with Crippen LogP contribution in [0, 0.1) is 0 Å². The van der Waals surface area contributed by atoms with Crippen molar-refractivity contribution in [2.24, 2.45) is 5.84 Å². The van der Waals surface area contributed by atoms with Crippen LogP contribution in [0.1, 0.15) is 25.3 Å². The third-order valence-corrected chi connectivity index (χ3v) is 1.84. The van der Waals surface area contributed by atoms with E-state index in [-0.39, 0.29) is 0 Å².